The van der Waals surface area contributed by atoms with Crippen LogP contribution in [0.15, 0.2) is 22.8 Å². The molecule has 1 N–H and O–H groups in total. The van der Waals surface area contributed by atoms with Crippen LogP contribution in [0.2, 0.25) is 0 Å². The lowest BCUT2D eigenvalue weighted by Gasteiger charge is -2.39. The van der Waals surface area contributed by atoms with Crippen molar-refractivity contribution in [3.63, 3.8) is 0 Å². The topological polar surface area (TPSA) is 62.6 Å². The van der Waals surface area contributed by atoms with Crippen molar-refractivity contribution in [2.24, 2.45) is 22.7 Å². The fourth-order valence-electron chi connectivity index (χ4n) is 5.40. The molecule has 25 heavy (non-hydrogen) atoms. The summed E-state index contributed by atoms with van der Waals surface area (Å²) in [7, 11) is 0. The van der Waals surface area contributed by atoms with Gasteiger partial charge in [-0.1, -0.05) is 20.8 Å². The quantitative estimate of drug-likeness (QED) is 0.913. The van der Waals surface area contributed by atoms with E-state index < -0.39 is 0 Å². The van der Waals surface area contributed by atoms with Crippen LogP contribution >= 0.6 is 0 Å². The fraction of sp³-hybridized carbons (Fsp3) is 0.700. The first-order chi connectivity index (χ1) is 11.8. The minimum absolute atomic E-state index is 0.0380. The van der Waals surface area contributed by atoms with Crippen molar-refractivity contribution >= 4 is 11.8 Å². The molecule has 136 valence electrons. The number of furan rings is 1. The van der Waals surface area contributed by atoms with Gasteiger partial charge in [0.05, 0.1) is 18.7 Å². The van der Waals surface area contributed by atoms with Gasteiger partial charge in [0.25, 0.3) is 0 Å². The molecule has 0 spiro atoms. The van der Waals surface area contributed by atoms with Crippen molar-refractivity contribution in [3.8, 4) is 0 Å². The highest BCUT2D eigenvalue weighted by atomic mass is 16.3. The van der Waals surface area contributed by atoms with Crippen molar-refractivity contribution in [1.82, 2.24) is 10.2 Å². The number of fused-ring (bicyclic) bond motifs is 2. The number of nitrogens with one attached hydrogen (secondary N) is 1. The molecule has 3 aliphatic rings. The van der Waals surface area contributed by atoms with E-state index in [0.29, 0.717) is 25.4 Å². The van der Waals surface area contributed by atoms with Gasteiger partial charge in [-0.15, -0.1) is 0 Å². The highest BCUT2D eigenvalue weighted by Gasteiger charge is 2.61. The van der Waals surface area contributed by atoms with Crippen LogP contribution in [-0.2, 0) is 16.1 Å². The van der Waals surface area contributed by atoms with Gasteiger partial charge in [0.15, 0.2) is 0 Å². The van der Waals surface area contributed by atoms with Gasteiger partial charge < -0.3 is 14.6 Å². The first kappa shape index (κ1) is 16.7. The van der Waals surface area contributed by atoms with Gasteiger partial charge in [-0.05, 0) is 48.1 Å². The predicted molar refractivity (Wildman–Crippen MR) is 93.4 cm³/mol. The maximum Gasteiger partial charge on any atom is 0.225 e. The van der Waals surface area contributed by atoms with Crippen LogP contribution in [-0.4, -0.2) is 29.3 Å². The molecule has 4 rings (SSSR count). The Morgan fingerprint density at radius 3 is 2.80 bits per heavy atom. The number of rotatable bonds is 4. The van der Waals surface area contributed by atoms with Crippen molar-refractivity contribution in [2.75, 3.05) is 6.54 Å². The Labute approximate surface area is 149 Å². The molecule has 2 heterocycles. The monoisotopic (exact) mass is 344 g/mol. The molecule has 4 atom stereocenters. The second-order valence-electron chi connectivity index (χ2n) is 8.93. The summed E-state index contributed by atoms with van der Waals surface area (Å²) in [5.74, 6) is 1.30. The Bertz CT molecular complexity index is 681. The number of amides is 2. The Hall–Kier alpha value is -1.78. The van der Waals surface area contributed by atoms with E-state index in [1.807, 2.05) is 12.1 Å². The average Bonchev–Trinajstić information content (AvgIpc) is 3.27. The van der Waals surface area contributed by atoms with Gasteiger partial charge in [0.2, 0.25) is 11.8 Å². The normalized spacial score (nSPS) is 36.2. The summed E-state index contributed by atoms with van der Waals surface area (Å²) < 4.78 is 5.32. The van der Waals surface area contributed by atoms with Crippen molar-refractivity contribution in [1.29, 1.82) is 0 Å². The number of nitrogens with zero attached hydrogens (tertiary/aromatic N) is 1. The SMILES string of the molecule is CC1(C)[C@H]2CC[C@]1(C)[C@H](NC(=O)[C@@H]1CC(=O)N(Cc3ccco3)C1)C2. The van der Waals surface area contributed by atoms with E-state index in [1.54, 1.807) is 11.2 Å². The number of likely N-dealkylation sites (tertiary alicyclic amines) is 1. The van der Waals surface area contributed by atoms with E-state index in [4.69, 9.17) is 4.42 Å². The highest BCUT2D eigenvalue weighted by Crippen LogP contribution is 2.65. The molecule has 1 aliphatic heterocycles. The van der Waals surface area contributed by atoms with Crippen LogP contribution in [0.5, 0.6) is 0 Å². The van der Waals surface area contributed by atoms with E-state index in [1.165, 1.54) is 12.8 Å². The molecule has 5 heteroatoms. The molecular weight excluding hydrogens is 316 g/mol. The second-order valence-corrected chi connectivity index (χ2v) is 8.93. The van der Waals surface area contributed by atoms with Crippen LogP contribution in [0.1, 0.15) is 52.2 Å². The van der Waals surface area contributed by atoms with Gasteiger partial charge in [-0.3, -0.25) is 9.59 Å². The minimum atomic E-state index is -0.242. The van der Waals surface area contributed by atoms with Crippen LogP contribution < -0.4 is 5.32 Å². The number of hydrogen-bond donors (Lipinski definition) is 1. The molecule has 1 saturated heterocycles. The molecule has 0 aromatic carbocycles. The van der Waals surface area contributed by atoms with Crippen LogP contribution in [0.4, 0.5) is 0 Å². The van der Waals surface area contributed by atoms with Crippen LogP contribution in [0.25, 0.3) is 0 Å². The van der Waals surface area contributed by atoms with Gasteiger partial charge in [0.1, 0.15) is 5.76 Å². The number of carbonyl (C=O) groups is 2. The molecule has 1 aromatic heterocycles. The van der Waals surface area contributed by atoms with Gasteiger partial charge in [0, 0.05) is 19.0 Å². The summed E-state index contributed by atoms with van der Waals surface area (Å²) in [4.78, 5) is 26.8. The molecule has 2 amide bonds. The standard InChI is InChI=1S/C20H28N2O3/c1-19(2)14-6-7-20(19,3)16(10-14)21-18(24)13-9-17(23)22(11-13)12-15-5-4-8-25-15/h4-5,8,13-14,16H,6-7,9-12H2,1-3H3,(H,21,24)/t13-,14+,16-,20-/m1/s1. The Kier molecular flexibility index (Phi) is 3.74. The van der Waals surface area contributed by atoms with Crippen LogP contribution in [0, 0.1) is 22.7 Å². The lowest BCUT2D eigenvalue weighted by molar-refractivity contribution is -0.129. The summed E-state index contributed by atoms with van der Waals surface area (Å²) in [5, 5.41) is 3.31. The molecule has 0 radical (unpaired) electrons. The van der Waals surface area contributed by atoms with E-state index in [9.17, 15) is 9.59 Å². The summed E-state index contributed by atoms with van der Waals surface area (Å²) in [5.41, 5.74) is 0.450. The van der Waals surface area contributed by atoms with E-state index in [2.05, 4.69) is 26.1 Å². The average molecular weight is 344 g/mol. The molecule has 5 nitrogen and oxygen atoms in total. The Morgan fingerprint density at radius 2 is 2.20 bits per heavy atom. The summed E-state index contributed by atoms with van der Waals surface area (Å²) in [6.07, 6.45) is 5.45. The van der Waals surface area contributed by atoms with Crippen molar-refractivity contribution in [2.45, 2.75) is 59.0 Å². The lowest BCUT2D eigenvalue weighted by Crippen LogP contribution is -2.48. The number of hydrogen-bond acceptors (Lipinski definition) is 3. The van der Waals surface area contributed by atoms with Gasteiger partial charge in [-0.2, -0.15) is 0 Å². The first-order valence-electron chi connectivity index (χ1n) is 9.42. The zero-order chi connectivity index (χ0) is 17.8. The minimum Gasteiger partial charge on any atom is -0.467 e. The molecule has 3 fully saturated rings. The van der Waals surface area contributed by atoms with Crippen molar-refractivity contribution in [3.05, 3.63) is 24.2 Å². The van der Waals surface area contributed by atoms with E-state index in [-0.39, 0.29) is 34.6 Å². The van der Waals surface area contributed by atoms with E-state index in [0.717, 1.165) is 12.2 Å². The molecule has 0 unspecified atom stereocenters. The Morgan fingerprint density at radius 1 is 1.40 bits per heavy atom. The van der Waals surface area contributed by atoms with Gasteiger partial charge >= 0.3 is 0 Å². The fourth-order valence-corrected chi connectivity index (χ4v) is 5.40. The molecule has 2 bridgehead atoms. The zero-order valence-corrected chi connectivity index (χ0v) is 15.4. The maximum atomic E-state index is 12.8. The third-order valence-corrected chi connectivity index (χ3v) is 7.62. The molecule has 2 saturated carbocycles. The molecule has 1 aromatic rings. The third-order valence-electron chi connectivity index (χ3n) is 7.62. The smallest absolute Gasteiger partial charge is 0.225 e. The third kappa shape index (κ3) is 2.51. The van der Waals surface area contributed by atoms with E-state index >= 15 is 0 Å². The predicted octanol–water partition coefficient (Wildman–Crippen LogP) is 2.96. The van der Waals surface area contributed by atoms with Gasteiger partial charge in [-0.25, -0.2) is 0 Å². The summed E-state index contributed by atoms with van der Waals surface area (Å²) >= 11 is 0. The van der Waals surface area contributed by atoms with Crippen molar-refractivity contribution < 1.29 is 14.0 Å². The number of carbonyl (C=O) groups excluding carboxylic acids is 2. The lowest BCUT2D eigenvalue weighted by atomic mass is 9.69. The highest BCUT2D eigenvalue weighted by molar-refractivity contribution is 5.89. The summed E-state index contributed by atoms with van der Waals surface area (Å²) in [6, 6.07) is 3.92. The Balaban J connectivity index is 1.39. The second kappa shape index (κ2) is 5.61. The summed E-state index contributed by atoms with van der Waals surface area (Å²) in [6.45, 7) is 7.96. The molecule has 2 aliphatic carbocycles. The maximum absolute atomic E-state index is 12.8. The zero-order valence-electron chi connectivity index (χ0n) is 15.4. The van der Waals surface area contributed by atoms with Crippen LogP contribution in [0.3, 0.4) is 0 Å². The largest absolute Gasteiger partial charge is 0.467 e. The first-order valence-corrected chi connectivity index (χ1v) is 9.42. The molecular formula is C20H28N2O3.